The second-order valence-corrected chi connectivity index (χ2v) is 6.34. The van der Waals surface area contributed by atoms with Gasteiger partial charge >= 0.3 is 18.0 Å². The predicted molar refractivity (Wildman–Crippen MR) is 84.8 cm³/mol. The molecule has 0 N–H and O–H groups in total. The van der Waals surface area contributed by atoms with Gasteiger partial charge in [0.25, 0.3) is 0 Å². The number of hydrogen-bond donors (Lipinski definition) is 0. The van der Waals surface area contributed by atoms with E-state index >= 15 is 0 Å². The summed E-state index contributed by atoms with van der Waals surface area (Å²) in [5, 5.41) is 0.136. The van der Waals surface area contributed by atoms with Crippen LogP contribution in [0.2, 0.25) is 5.02 Å². The molecule has 0 amide bonds. The molecule has 0 aliphatic heterocycles. The topological polar surface area (TPSA) is 0 Å². The van der Waals surface area contributed by atoms with Crippen molar-refractivity contribution in [2.45, 2.75) is 38.8 Å². The highest BCUT2D eigenvalue weighted by Gasteiger charge is 2.74. The van der Waals surface area contributed by atoms with Crippen molar-refractivity contribution in [3.05, 3.63) is 57.6 Å². The molecule has 2 aromatic rings. The highest BCUT2D eigenvalue weighted by molar-refractivity contribution is 6.31. The molecule has 2 rings (SSSR count). The van der Waals surface area contributed by atoms with Gasteiger partial charge in [-0.2, -0.15) is 26.3 Å². The molecule has 0 aromatic heterocycles. The molecular weight excluding hydrogens is 385 g/mol. The summed E-state index contributed by atoms with van der Waals surface area (Å²) < 4.78 is 94.5. The zero-order valence-corrected chi connectivity index (χ0v) is 14.6. The fourth-order valence-electron chi connectivity index (χ4n) is 2.85. The van der Waals surface area contributed by atoms with Crippen LogP contribution in [0.1, 0.15) is 22.3 Å². The largest absolute Gasteiger partial charge is 0.435 e. The van der Waals surface area contributed by atoms with E-state index in [1.165, 1.54) is 39.0 Å². The van der Waals surface area contributed by atoms with Crippen LogP contribution < -0.4 is 0 Å². The number of rotatable bonds is 2. The van der Waals surface area contributed by atoms with Crippen LogP contribution in [0, 0.1) is 26.8 Å². The smallest absolute Gasteiger partial charge is 0.218 e. The van der Waals surface area contributed by atoms with E-state index in [0.29, 0.717) is 6.07 Å². The third kappa shape index (κ3) is 3.17. The Morgan fingerprint density at radius 1 is 0.885 bits per heavy atom. The minimum atomic E-state index is -6.20. The van der Waals surface area contributed by atoms with Gasteiger partial charge in [0.1, 0.15) is 0 Å². The molecule has 0 bridgehead atoms. The Morgan fingerprint density at radius 3 is 1.92 bits per heavy atom. The second kappa shape index (κ2) is 6.44. The minimum absolute atomic E-state index is 0.0169. The molecule has 0 aliphatic carbocycles. The zero-order valence-electron chi connectivity index (χ0n) is 13.8. The molecule has 0 spiro atoms. The van der Waals surface area contributed by atoms with E-state index in [-0.39, 0.29) is 27.3 Å². The van der Waals surface area contributed by atoms with E-state index in [0.717, 1.165) is 0 Å². The Morgan fingerprint density at radius 2 is 1.42 bits per heavy atom. The molecule has 0 nitrogen and oxygen atoms in total. The summed E-state index contributed by atoms with van der Waals surface area (Å²) in [4.78, 5) is 0. The average Bonchev–Trinajstić information content (AvgIpc) is 2.47. The second-order valence-electron chi connectivity index (χ2n) is 5.93. The van der Waals surface area contributed by atoms with Gasteiger partial charge in [0.05, 0.1) is 0 Å². The first kappa shape index (κ1) is 20.6. The van der Waals surface area contributed by atoms with E-state index in [4.69, 9.17) is 11.6 Å². The van der Waals surface area contributed by atoms with Gasteiger partial charge in [0, 0.05) is 10.6 Å². The molecular formula is C18H13ClF7. The van der Waals surface area contributed by atoms with Gasteiger partial charge in [-0.25, -0.2) is 4.39 Å². The molecule has 0 saturated heterocycles. The lowest BCUT2D eigenvalue weighted by Gasteiger charge is -2.33. The third-order valence-corrected chi connectivity index (χ3v) is 4.49. The van der Waals surface area contributed by atoms with Crippen molar-refractivity contribution in [1.82, 2.24) is 0 Å². The standard InChI is InChI=1S/C18H13ClF7/c1-9-7-10(2)15(12-5-4-6-14(19)11(12)3)13(8-9)16(20,17(21,22)23)18(24,25)26/h4-6,8H,1-3H3. The van der Waals surface area contributed by atoms with E-state index in [2.05, 4.69) is 6.07 Å². The summed E-state index contributed by atoms with van der Waals surface area (Å²) in [6.07, 6.45) is -12.4. The Labute approximate surface area is 150 Å². The van der Waals surface area contributed by atoms with Crippen LogP contribution in [0.25, 0.3) is 11.1 Å². The average molecular weight is 398 g/mol. The van der Waals surface area contributed by atoms with Gasteiger partial charge < -0.3 is 0 Å². The highest BCUT2D eigenvalue weighted by Crippen LogP contribution is 2.56. The van der Waals surface area contributed by atoms with Crippen molar-refractivity contribution in [2.24, 2.45) is 0 Å². The van der Waals surface area contributed by atoms with Gasteiger partial charge in [-0.15, -0.1) is 0 Å². The van der Waals surface area contributed by atoms with E-state index < -0.39 is 29.1 Å². The zero-order chi connectivity index (χ0) is 20.1. The maximum atomic E-state index is 14.8. The molecule has 8 heteroatoms. The number of aryl methyl sites for hydroxylation is 2. The van der Waals surface area contributed by atoms with Crippen molar-refractivity contribution >= 4 is 11.6 Å². The summed E-state index contributed by atoms with van der Waals surface area (Å²) in [5.41, 5.74) is -7.43. The lowest BCUT2D eigenvalue weighted by atomic mass is 9.82. The van der Waals surface area contributed by atoms with Gasteiger partial charge in [0.2, 0.25) is 0 Å². The third-order valence-electron chi connectivity index (χ3n) is 4.08. The van der Waals surface area contributed by atoms with E-state index in [1.807, 2.05) is 0 Å². The lowest BCUT2D eigenvalue weighted by molar-refractivity contribution is -0.348. The predicted octanol–water partition coefficient (Wildman–Crippen LogP) is 7.02. The first-order valence-electron chi connectivity index (χ1n) is 7.33. The Hall–Kier alpha value is -1.76. The fraction of sp³-hybridized carbons (Fsp3) is 0.333. The van der Waals surface area contributed by atoms with E-state index in [9.17, 15) is 30.7 Å². The SMILES string of the molecule is Cc1[c]c(C)c(-c2cccc(Cl)c2C)c(C(F)(C(F)(F)F)C(F)(F)F)c1. The van der Waals surface area contributed by atoms with Crippen molar-refractivity contribution in [3.63, 3.8) is 0 Å². The van der Waals surface area contributed by atoms with Crippen molar-refractivity contribution in [1.29, 1.82) is 0 Å². The summed E-state index contributed by atoms with van der Waals surface area (Å²) in [7, 11) is 0. The molecule has 0 heterocycles. The minimum Gasteiger partial charge on any atom is -0.218 e. The van der Waals surface area contributed by atoms with Gasteiger partial charge in [-0.1, -0.05) is 29.8 Å². The molecule has 1 radical (unpaired) electrons. The quantitative estimate of drug-likeness (QED) is 0.477. The first-order chi connectivity index (χ1) is 11.7. The number of halogens is 8. The van der Waals surface area contributed by atoms with Crippen molar-refractivity contribution in [2.75, 3.05) is 0 Å². The van der Waals surface area contributed by atoms with Gasteiger partial charge in [0.15, 0.2) is 0 Å². The van der Waals surface area contributed by atoms with E-state index in [1.54, 1.807) is 0 Å². The summed E-state index contributed by atoms with van der Waals surface area (Å²) in [6.45, 7) is 3.96. The first-order valence-corrected chi connectivity index (χ1v) is 7.71. The molecule has 0 atom stereocenters. The monoisotopic (exact) mass is 397 g/mol. The van der Waals surface area contributed by atoms with Crippen molar-refractivity contribution in [3.8, 4) is 11.1 Å². The highest BCUT2D eigenvalue weighted by atomic mass is 35.5. The Balaban J connectivity index is 3.00. The van der Waals surface area contributed by atoms with Crippen LogP contribution >= 0.6 is 11.6 Å². The molecule has 0 fully saturated rings. The molecule has 0 aliphatic rings. The maximum absolute atomic E-state index is 14.8. The van der Waals surface area contributed by atoms with Gasteiger partial charge in [-0.05, 0) is 60.7 Å². The van der Waals surface area contributed by atoms with Crippen LogP contribution in [0.3, 0.4) is 0 Å². The molecule has 141 valence electrons. The van der Waals surface area contributed by atoms with Crippen molar-refractivity contribution < 1.29 is 30.7 Å². The fourth-order valence-corrected chi connectivity index (χ4v) is 3.02. The van der Waals surface area contributed by atoms with Crippen LogP contribution in [-0.4, -0.2) is 12.4 Å². The maximum Gasteiger partial charge on any atom is 0.435 e. The van der Waals surface area contributed by atoms with Crippen LogP contribution in [0.4, 0.5) is 30.7 Å². The normalized spacial score (nSPS) is 13.2. The number of alkyl halides is 7. The van der Waals surface area contributed by atoms with Crippen LogP contribution in [0.15, 0.2) is 24.3 Å². The van der Waals surface area contributed by atoms with Gasteiger partial charge in [-0.3, -0.25) is 0 Å². The summed E-state index contributed by atoms with van der Waals surface area (Å²) in [6, 6.07) is 7.29. The summed E-state index contributed by atoms with van der Waals surface area (Å²) in [5.74, 6) is 0. The number of benzene rings is 2. The Kier molecular flexibility index (Phi) is 5.09. The van der Waals surface area contributed by atoms with Crippen LogP contribution in [0.5, 0.6) is 0 Å². The molecule has 2 aromatic carbocycles. The number of hydrogen-bond acceptors (Lipinski definition) is 0. The lowest BCUT2D eigenvalue weighted by Crippen LogP contribution is -2.50. The Bertz CT molecular complexity index is 821. The molecule has 26 heavy (non-hydrogen) atoms. The molecule has 0 unspecified atom stereocenters. The van der Waals surface area contributed by atoms with Crippen LogP contribution in [-0.2, 0) is 5.67 Å². The summed E-state index contributed by atoms with van der Waals surface area (Å²) >= 11 is 5.95. The molecule has 0 saturated carbocycles.